The molecule has 34 heavy (non-hydrogen) atoms. The molecular formula is C32H32N2. The lowest BCUT2D eigenvalue weighted by molar-refractivity contribution is 0.609. The van der Waals surface area contributed by atoms with Crippen LogP contribution in [0.15, 0.2) is 127 Å². The maximum atomic E-state index is 2.45. The van der Waals surface area contributed by atoms with Gasteiger partial charge in [-0.15, -0.1) is 0 Å². The predicted molar refractivity (Wildman–Crippen MR) is 146 cm³/mol. The summed E-state index contributed by atoms with van der Waals surface area (Å²) >= 11 is 0. The monoisotopic (exact) mass is 444 g/mol. The Hall–Kier alpha value is -3.78. The minimum Gasteiger partial charge on any atom is -0.334 e. The van der Waals surface area contributed by atoms with E-state index in [1.54, 1.807) is 0 Å². The zero-order valence-corrected chi connectivity index (χ0v) is 20.0. The molecule has 0 radical (unpaired) electrons. The number of para-hydroxylation sites is 1. The summed E-state index contributed by atoms with van der Waals surface area (Å²) in [4.78, 5) is 4.90. The maximum Gasteiger partial charge on any atom is 0.0585 e. The van der Waals surface area contributed by atoms with Gasteiger partial charge in [-0.2, -0.15) is 0 Å². The fourth-order valence-corrected chi connectivity index (χ4v) is 4.88. The van der Waals surface area contributed by atoms with Crippen LogP contribution in [0.2, 0.25) is 0 Å². The van der Waals surface area contributed by atoms with Gasteiger partial charge in [0.1, 0.15) is 0 Å². The van der Waals surface area contributed by atoms with Gasteiger partial charge in [0.15, 0.2) is 0 Å². The summed E-state index contributed by atoms with van der Waals surface area (Å²) in [6, 6.07) is 29.2. The summed E-state index contributed by atoms with van der Waals surface area (Å²) in [5.41, 5.74) is 6.12. The van der Waals surface area contributed by atoms with Crippen molar-refractivity contribution >= 4 is 22.7 Å². The van der Waals surface area contributed by atoms with Gasteiger partial charge < -0.3 is 9.80 Å². The van der Waals surface area contributed by atoms with E-state index in [4.69, 9.17) is 0 Å². The number of hydrogen-bond donors (Lipinski definition) is 0. The Labute approximate surface area is 203 Å². The Morgan fingerprint density at radius 3 is 1.76 bits per heavy atom. The Morgan fingerprint density at radius 1 is 0.588 bits per heavy atom. The van der Waals surface area contributed by atoms with E-state index in [0.717, 1.165) is 6.42 Å². The van der Waals surface area contributed by atoms with E-state index in [0.29, 0.717) is 12.0 Å². The van der Waals surface area contributed by atoms with Gasteiger partial charge in [-0.05, 0) is 67.8 Å². The zero-order valence-electron chi connectivity index (χ0n) is 20.0. The number of anilines is 4. The van der Waals surface area contributed by atoms with E-state index in [-0.39, 0.29) is 6.04 Å². The van der Waals surface area contributed by atoms with E-state index < -0.39 is 0 Å². The number of allylic oxidation sites excluding steroid dienone is 4. The molecule has 2 aliphatic rings. The molecule has 5 rings (SSSR count). The highest BCUT2D eigenvalue weighted by Gasteiger charge is 2.25. The third kappa shape index (κ3) is 4.63. The number of nitrogens with zero attached hydrogens (tertiary/aromatic N) is 2. The molecule has 0 aromatic heterocycles. The van der Waals surface area contributed by atoms with Gasteiger partial charge in [-0.25, -0.2) is 0 Å². The number of hydrogen-bond acceptors (Lipinski definition) is 2. The first-order valence-electron chi connectivity index (χ1n) is 12.2. The molecule has 0 aliphatic heterocycles. The predicted octanol–water partition coefficient (Wildman–Crippen LogP) is 8.29. The van der Waals surface area contributed by atoms with Gasteiger partial charge >= 0.3 is 0 Å². The van der Waals surface area contributed by atoms with E-state index in [1.807, 2.05) is 0 Å². The van der Waals surface area contributed by atoms with Crippen LogP contribution in [-0.2, 0) is 0 Å². The first-order chi connectivity index (χ1) is 16.7. The van der Waals surface area contributed by atoms with Crippen LogP contribution in [-0.4, -0.2) is 12.1 Å². The third-order valence-corrected chi connectivity index (χ3v) is 6.71. The molecule has 0 fully saturated rings. The van der Waals surface area contributed by atoms with Crippen LogP contribution in [0.5, 0.6) is 0 Å². The molecule has 0 N–H and O–H groups in total. The average Bonchev–Trinajstić information content (AvgIpc) is 2.89. The van der Waals surface area contributed by atoms with Crippen molar-refractivity contribution in [1.82, 2.24) is 0 Å². The minimum atomic E-state index is 0.276. The SMILES string of the molecule is Cc1ccc(N(c2ccc(N(c3ccccc3)C3C=CC=CC3C)cc2)C2C=CC=CC2)cc1. The van der Waals surface area contributed by atoms with Crippen molar-refractivity contribution in [2.45, 2.75) is 32.4 Å². The molecule has 2 nitrogen and oxygen atoms in total. The van der Waals surface area contributed by atoms with Gasteiger partial charge in [0.25, 0.3) is 0 Å². The van der Waals surface area contributed by atoms with Crippen molar-refractivity contribution in [3.05, 3.63) is 133 Å². The fraction of sp³-hybridized carbons (Fsp3) is 0.188. The summed E-state index contributed by atoms with van der Waals surface area (Å²) in [6.07, 6.45) is 18.8. The summed E-state index contributed by atoms with van der Waals surface area (Å²) < 4.78 is 0. The molecule has 2 heteroatoms. The van der Waals surface area contributed by atoms with Gasteiger partial charge in [0.05, 0.1) is 12.1 Å². The van der Waals surface area contributed by atoms with Crippen molar-refractivity contribution in [3.8, 4) is 0 Å². The molecule has 0 saturated carbocycles. The highest BCUT2D eigenvalue weighted by Crippen LogP contribution is 2.36. The number of aryl methyl sites for hydroxylation is 1. The lowest BCUT2D eigenvalue weighted by atomic mass is 9.94. The third-order valence-electron chi connectivity index (χ3n) is 6.71. The van der Waals surface area contributed by atoms with E-state index in [2.05, 4.69) is 151 Å². The van der Waals surface area contributed by atoms with Crippen molar-refractivity contribution in [2.24, 2.45) is 5.92 Å². The lowest BCUT2D eigenvalue weighted by Gasteiger charge is -2.37. The van der Waals surface area contributed by atoms with E-state index >= 15 is 0 Å². The molecule has 3 aromatic carbocycles. The van der Waals surface area contributed by atoms with Crippen LogP contribution in [0.4, 0.5) is 22.7 Å². The Kier molecular flexibility index (Phi) is 6.49. The van der Waals surface area contributed by atoms with Crippen LogP contribution < -0.4 is 9.80 Å². The quantitative estimate of drug-likeness (QED) is 0.377. The van der Waals surface area contributed by atoms with Gasteiger partial charge in [-0.3, -0.25) is 0 Å². The fourth-order valence-electron chi connectivity index (χ4n) is 4.88. The summed E-state index contributed by atoms with van der Waals surface area (Å²) in [5.74, 6) is 0.424. The van der Waals surface area contributed by atoms with Gasteiger partial charge in [0, 0.05) is 22.7 Å². The first-order valence-corrected chi connectivity index (χ1v) is 12.2. The summed E-state index contributed by atoms with van der Waals surface area (Å²) in [5, 5.41) is 0. The largest absolute Gasteiger partial charge is 0.334 e. The van der Waals surface area contributed by atoms with Crippen LogP contribution in [0.1, 0.15) is 18.9 Å². The van der Waals surface area contributed by atoms with Crippen LogP contribution in [0.25, 0.3) is 0 Å². The Morgan fingerprint density at radius 2 is 1.15 bits per heavy atom. The van der Waals surface area contributed by atoms with Gasteiger partial charge in [0.2, 0.25) is 0 Å². The smallest absolute Gasteiger partial charge is 0.0585 e. The summed E-state index contributed by atoms with van der Waals surface area (Å²) in [7, 11) is 0. The molecule has 0 heterocycles. The van der Waals surface area contributed by atoms with Crippen molar-refractivity contribution in [1.29, 1.82) is 0 Å². The lowest BCUT2D eigenvalue weighted by Crippen LogP contribution is -2.35. The van der Waals surface area contributed by atoms with Crippen molar-refractivity contribution in [3.63, 3.8) is 0 Å². The molecule has 170 valence electrons. The molecule has 0 saturated heterocycles. The summed E-state index contributed by atoms with van der Waals surface area (Å²) in [6.45, 7) is 4.43. The first kappa shape index (κ1) is 22.0. The molecule has 0 bridgehead atoms. The normalized spacial score (nSPS) is 20.9. The molecular weight excluding hydrogens is 412 g/mol. The molecule has 3 unspecified atom stereocenters. The van der Waals surface area contributed by atoms with Crippen molar-refractivity contribution in [2.75, 3.05) is 9.80 Å². The molecule has 0 spiro atoms. The highest BCUT2D eigenvalue weighted by molar-refractivity contribution is 5.71. The standard InChI is InChI=1S/C32H32N2/c1-25-17-19-29(20-18-25)33(27-12-5-3-6-13-27)30-21-23-31(24-22-30)34(28-14-7-4-8-15-28)32-16-10-9-11-26(32)2/h3-12,14-24,26-27,32H,13H2,1-2H3. The minimum absolute atomic E-state index is 0.276. The number of benzene rings is 3. The molecule has 0 amide bonds. The molecule has 3 atom stereocenters. The highest BCUT2D eigenvalue weighted by atomic mass is 15.2. The second-order valence-corrected chi connectivity index (χ2v) is 9.16. The number of rotatable bonds is 6. The van der Waals surface area contributed by atoms with Crippen LogP contribution in [0, 0.1) is 12.8 Å². The van der Waals surface area contributed by atoms with Crippen LogP contribution >= 0.6 is 0 Å². The molecule has 2 aliphatic carbocycles. The molecule has 3 aromatic rings. The second kappa shape index (κ2) is 10.0. The topological polar surface area (TPSA) is 6.48 Å². The van der Waals surface area contributed by atoms with E-state index in [9.17, 15) is 0 Å². The second-order valence-electron chi connectivity index (χ2n) is 9.16. The Balaban J connectivity index is 1.52. The Bertz CT molecular complexity index is 1200. The van der Waals surface area contributed by atoms with E-state index in [1.165, 1.54) is 28.3 Å². The van der Waals surface area contributed by atoms with Crippen molar-refractivity contribution < 1.29 is 0 Å². The van der Waals surface area contributed by atoms with Crippen LogP contribution in [0.3, 0.4) is 0 Å². The zero-order chi connectivity index (χ0) is 23.3. The van der Waals surface area contributed by atoms with Gasteiger partial charge in [-0.1, -0.05) is 91.4 Å². The maximum absolute atomic E-state index is 2.45. The average molecular weight is 445 g/mol.